The molecule has 98 valence electrons. The summed E-state index contributed by atoms with van der Waals surface area (Å²) in [5.41, 5.74) is 1.15. The van der Waals surface area contributed by atoms with Crippen LogP contribution >= 0.6 is 15.9 Å². The lowest BCUT2D eigenvalue weighted by atomic mass is 10.1. The normalized spacial score (nSPS) is 11.9. The van der Waals surface area contributed by atoms with Gasteiger partial charge >= 0.3 is 0 Å². The second-order valence-electron chi connectivity index (χ2n) is 4.16. The van der Waals surface area contributed by atoms with Crippen molar-refractivity contribution in [2.45, 2.75) is 32.2 Å². The van der Waals surface area contributed by atoms with Crippen molar-refractivity contribution in [1.82, 2.24) is 5.32 Å². The second-order valence-corrected chi connectivity index (χ2v) is 5.07. The maximum atomic E-state index is 8.46. The fraction of sp³-hybridized carbons (Fsp3) is 0.500. The fourth-order valence-electron chi connectivity index (χ4n) is 1.63. The number of nitrogens with one attached hydrogen (secondary N) is 1. The van der Waals surface area contributed by atoms with Crippen LogP contribution in [-0.2, 0) is 0 Å². The van der Waals surface area contributed by atoms with Gasteiger partial charge in [-0.2, -0.15) is 5.26 Å². The van der Waals surface area contributed by atoms with Gasteiger partial charge in [-0.05, 0) is 45.0 Å². The Morgan fingerprint density at radius 2 is 2.22 bits per heavy atom. The molecule has 1 N–H and O–H groups in total. The minimum absolute atomic E-state index is 0.247. The molecule has 0 aliphatic heterocycles. The van der Waals surface area contributed by atoms with Crippen molar-refractivity contribution < 1.29 is 4.74 Å². The van der Waals surface area contributed by atoms with E-state index in [0.717, 1.165) is 28.6 Å². The number of rotatable bonds is 7. The Balaban J connectivity index is 2.61. The zero-order chi connectivity index (χ0) is 13.4. The summed E-state index contributed by atoms with van der Waals surface area (Å²) in [6.45, 7) is 2.76. The quantitative estimate of drug-likeness (QED) is 0.779. The van der Waals surface area contributed by atoms with Crippen LogP contribution in [0, 0.1) is 11.3 Å². The summed E-state index contributed by atoms with van der Waals surface area (Å²) in [4.78, 5) is 0. The lowest BCUT2D eigenvalue weighted by Gasteiger charge is -2.17. The van der Waals surface area contributed by atoms with Crippen LogP contribution in [0.2, 0.25) is 0 Å². The highest BCUT2D eigenvalue weighted by molar-refractivity contribution is 9.10. The first kappa shape index (κ1) is 15.0. The summed E-state index contributed by atoms with van der Waals surface area (Å²) in [6, 6.07) is 8.43. The van der Waals surface area contributed by atoms with Gasteiger partial charge in [-0.3, -0.25) is 0 Å². The summed E-state index contributed by atoms with van der Waals surface area (Å²) >= 11 is 3.48. The van der Waals surface area contributed by atoms with Gasteiger partial charge in [-0.15, -0.1) is 0 Å². The largest absolute Gasteiger partial charge is 0.493 e. The lowest BCUT2D eigenvalue weighted by Crippen LogP contribution is -2.14. The molecule has 4 heteroatoms. The van der Waals surface area contributed by atoms with Crippen LogP contribution in [0.25, 0.3) is 0 Å². The van der Waals surface area contributed by atoms with Gasteiger partial charge in [-0.25, -0.2) is 0 Å². The third-order valence-corrected chi connectivity index (χ3v) is 3.31. The molecule has 1 aromatic rings. The standard InChI is InChI=1S/C14H19BrN2O/c1-11(17-2)13-10-12(15)6-7-14(13)18-9-5-3-4-8-16/h6-7,10-11,17H,3-5,9H2,1-2H3. The van der Waals surface area contributed by atoms with E-state index in [1.165, 1.54) is 0 Å². The van der Waals surface area contributed by atoms with Gasteiger partial charge in [0.25, 0.3) is 0 Å². The zero-order valence-corrected chi connectivity index (χ0v) is 12.5. The van der Waals surface area contributed by atoms with Gasteiger partial charge in [0.15, 0.2) is 0 Å². The molecule has 0 fully saturated rings. The molecule has 0 spiro atoms. The maximum Gasteiger partial charge on any atom is 0.124 e. The number of benzene rings is 1. The zero-order valence-electron chi connectivity index (χ0n) is 10.9. The molecule has 1 atom stereocenters. The number of halogens is 1. The van der Waals surface area contributed by atoms with Crippen LogP contribution in [0.15, 0.2) is 22.7 Å². The van der Waals surface area contributed by atoms with Gasteiger partial charge in [0.05, 0.1) is 12.7 Å². The Hall–Kier alpha value is -1.05. The molecule has 0 saturated carbocycles. The molecule has 0 saturated heterocycles. The van der Waals surface area contributed by atoms with Crippen molar-refractivity contribution in [2.24, 2.45) is 0 Å². The number of nitriles is 1. The summed E-state index contributed by atoms with van der Waals surface area (Å²) < 4.78 is 6.84. The summed E-state index contributed by atoms with van der Waals surface area (Å²) in [7, 11) is 1.93. The van der Waals surface area contributed by atoms with Crippen molar-refractivity contribution in [3.8, 4) is 11.8 Å². The van der Waals surface area contributed by atoms with Gasteiger partial charge < -0.3 is 10.1 Å². The number of nitrogens with zero attached hydrogens (tertiary/aromatic N) is 1. The summed E-state index contributed by atoms with van der Waals surface area (Å²) in [5, 5.41) is 11.7. The molecule has 0 aliphatic carbocycles. The Morgan fingerprint density at radius 1 is 1.44 bits per heavy atom. The molecule has 0 heterocycles. The average Bonchev–Trinajstić information content (AvgIpc) is 2.39. The first-order chi connectivity index (χ1) is 8.69. The molecule has 0 bridgehead atoms. The molecule has 1 unspecified atom stereocenters. The highest BCUT2D eigenvalue weighted by Crippen LogP contribution is 2.28. The SMILES string of the molecule is CNC(C)c1cc(Br)ccc1OCCCCC#N. The molecule has 0 aliphatic rings. The summed E-state index contributed by atoms with van der Waals surface area (Å²) in [5.74, 6) is 0.914. The second kappa shape index (κ2) is 8.12. The van der Waals surface area contributed by atoms with E-state index in [-0.39, 0.29) is 6.04 Å². The highest BCUT2D eigenvalue weighted by atomic mass is 79.9. The van der Waals surface area contributed by atoms with E-state index in [0.29, 0.717) is 13.0 Å². The van der Waals surface area contributed by atoms with Crippen LogP contribution in [0.3, 0.4) is 0 Å². The van der Waals surface area contributed by atoms with Crippen LogP contribution in [0.1, 0.15) is 37.8 Å². The molecular formula is C14H19BrN2O. The maximum absolute atomic E-state index is 8.46. The lowest BCUT2D eigenvalue weighted by molar-refractivity contribution is 0.302. The van der Waals surface area contributed by atoms with E-state index < -0.39 is 0 Å². The Morgan fingerprint density at radius 3 is 2.89 bits per heavy atom. The number of ether oxygens (including phenoxy) is 1. The predicted octanol–water partition coefficient (Wildman–Crippen LogP) is 3.80. The van der Waals surface area contributed by atoms with Crippen molar-refractivity contribution in [3.05, 3.63) is 28.2 Å². The number of hydrogen-bond donors (Lipinski definition) is 1. The number of unbranched alkanes of at least 4 members (excludes halogenated alkanes) is 2. The molecule has 0 amide bonds. The highest BCUT2D eigenvalue weighted by Gasteiger charge is 2.10. The van der Waals surface area contributed by atoms with E-state index in [1.54, 1.807) is 0 Å². The monoisotopic (exact) mass is 310 g/mol. The van der Waals surface area contributed by atoms with Crippen LogP contribution < -0.4 is 10.1 Å². The van der Waals surface area contributed by atoms with E-state index in [2.05, 4.69) is 40.3 Å². The van der Waals surface area contributed by atoms with E-state index in [4.69, 9.17) is 10.00 Å². The minimum Gasteiger partial charge on any atom is -0.493 e. The number of hydrogen-bond acceptors (Lipinski definition) is 3. The molecule has 3 nitrogen and oxygen atoms in total. The van der Waals surface area contributed by atoms with E-state index >= 15 is 0 Å². The van der Waals surface area contributed by atoms with Crippen molar-refractivity contribution in [3.63, 3.8) is 0 Å². The Labute approximate surface area is 117 Å². The first-order valence-electron chi connectivity index (χ1n) is 6.15. The van der Waals surface area contributed by atoms with Gasteiger partial charge in [0, 0.05) is 22.5 Å². The van der Waals surface area contributed by atoms with Gasteiger partial charge in [-0.1, -0.05) is 15.9 Å². The van der Waals surface area contributed by atoms with Crippen LogP contribution in [-0.4, -0.2) is 13.7 Å². The fourth-order valence-corrected chi connectivity index (χ4v) is 2.01. The first-order valence-corrected chi connectivity index (χ1v) is 6.94. The van der Waals surface area contributed by atoms with Crippen LogP contribution in [0.4, 0.5) is 0 Å². The Kier molecular flexibility index (Phi) is 6.77. The smallest absolute Gasteiger partial charge is 0.124 e. The minimum atomic E-state index is 0.247. The molecule has 0 radical (unpaired) electrons. The summed E-state index contributed by atoms with van der Waals surface area (Å²) in [6.07, 6.45) is 2.41. The van der Waals surface area contributed by atoms with Crippen LogP contribution in [0.5, 0.6) is 5.75 Å². The topological polar surface area (TPSA) is 45.0 Å². The van der Waals surface area contributed by atoms with E-state index in [9.17, 15) is 0 Å². The van der Waals surface area contributed by atoms with Crippen molar-refractivity contribution >= 4 is 15.9 Å². The third-order valence-electron chi connectivity index (χ3n) is 2.81. The average molecular weight is 311 g/mol. The van der Waals surface area contributed by atoms with Crippen molar-refractivity contribution in [1.29, 1.82) is 5.26 Å². The predicted molar refractivity (Wildman–Crippen MR) is 76.6 cm³/mol. The van der Waals surface area contributed by atoms with Gasteiger partial charge in [0.2, 0.25) is 0 Å². The third kappa shape index (κ3) is 4.67. The van der Waals surface area contributed by atoms with Gasteiger partial charge in [0.1, 0.15) is 5.75 Å². The molecule has 18 heavy (non-hydrogen) atoms. The molecule has 0 aromatic heterocycles. The molecular weight excluding hydrogens is 292 g/mol. The molecule has 1 rings (SSSR count). The molecule has 1 aromatic carbocycles. The van der Waals surface area contributed by atoms with E-state index in [1.807, 2.05) is 19.2 Å². The Bertz CT molecular complexity index is 415. The van der Waals surface area contributed by atoms with Crippen molar-refractivity contribution in [2.75, 3.05) is 13.7 Å².